The van der Waals surface area contributed by atoms with E-state index in [1.54, 1.807) is 7.11 Å². The average Bonchev–Trinajstić information content (AvgIpc) is 2.58. The predicted molar refractivity (Wildman–Crippen MR) is 117 cm³/mol. The summed E-state index contributed by atoms with van der Waals surface area (Å²) in [5.74, 6) is 1.82. The molecule has 1 aromatic rings. The Labute approximate surface area is 170 Å². The molecule has 1 rings (SSSR count). The van der Waals surface area contributed by atoms with Crippen LogP contribution in [0.4, 0.5) is 0 Å². The number of nitrogens with zero attached hydrogens (tertiary/aromatic N) is 1. The summed E-state index contributed by atoms with van der Waals surface area (Å²) in [6.07, 6.45) is 3.00. The van der Waals surface area contributed by atoms with Crippen LogP contribution in [0.5, 0.6) is 5.75 Å². The lowest BCUT2D eigenvalue weighted by atomic mass is 10.1. The Bertz CT molecular complexity index is 496. The summed E-state index contributed by atoms with van der Waals surface area (Å²) in [5.41, 5.74) is 2.47. The number of benzene rings is 1. The van der Waals surface area contributed by atoms with E-state index in [2.05, 4.69) is 41.6 Å². The number of rotatable bonds is 11. The van der Waals surface area contributed by atoms with Crippen LogP contribution in [0.2, 0.25) is 0 Å². The summed E-state index contributed by atoms with van der Waals surface area (Å²) >= 11 is 0. The third-order valence-corrected chi connectivity index (χ3v) is 3.64. The minimum absolute atomic E-state index is 0. The molecular weight excluding hydrogens is 429 g/mol. The quantitative estimate of drug-likeness (QED) is 0.228. The maximum atomic E-state index is 5.43. The summed E-state index contributed by atoms with van der Waals surface area (Å²) in [6.45, 7) is 10.3. The molecule has 0 saturated heterocycles. The molecule has 2 N–H and O–H groups in total. The summed E-state index contributed by atoms with van der Waals surface area (Å²) in [5, 5.41) is 6.68. The first-order valence-corrected chi connectivity index (χ1v) is 8.94. The van der Waals surface area contributed by atoms with Gasteiger partial charge in [-0.1, -0.05) is 17.7 Å². The lowest BCUT2D eigenvalue weighted by Gasteiger charge is -2.13. The molecule has 0 radical (unpaired) electrons. The Morgan fingerprint density at radius 2 is 1.96 bits per heavy atom. The number of halogens is 1. The molecule has 0 saturated carbocycles. The van der Waals surface area contributed by atoms with Gasteiger partial charge in [0.05, 0.1) is 7.11 Å². The molecule has 0 spiro atoms. The fraction of sp³-hybridized carbons (Fsp3) is 0.632. The molecule has 0 fully saturated rings. The SMILES string of the molecule is CCNC(=NCCCCOCC)NCCc1cc(C)ccc1OC.I. The Morgan fingerprint density at radius 3 is 2.64 bits per heavy atom. The highest BCUT2D eigenvalue weighted by molar-refractivity contribution is 14.0. The second-order valence-corrected chi connectivity index (χ2v) is 5.66. The zero-order chi connectivity index (χ0) is 17.6. The number of aryl methyl sites for hydroxylation is 1. The fourth-order valence-electron chi connectivity index (χ4n) is 2.41. The van der Waals surface area contributed by atoms with E-state index in [-0.39, 0.29) is 24.0 Å². The normalized spacial score (nSPS) is 11.0. The lowest BCUT2D eigenvalue weighted by Crippen LogP contribution is -2.38. The van der Waals surface area contributed by atoms with E-state index in [0.29, 0.717) is 0 Å². The van der Waals surface area contributed by atoms with Crippen LogP contribution in [0.15, 0.2) is 23.2 Å². The maximum absolute atomic E-state index is 5.43. The van der Waals surface area contributed by atoms with Crippen molar-refractivity contribution in [3.8, 4) is 5.75 Å². The van der Waals surface area contributed by atoms with E-state index in [1.165, 1.54) is 11.1 Å². The van der Waals surface area contributed by atoms with Crippen molar-refractivity contribution in [3.05, 3.63) is 29.3 Å². The summed E-state index contributed by atoms with van der Waals surface area (Å²) in [6, 6.07) is 6.28. The van der Waals surface area contributed by atoms with Gasteiger partial charge in [-0.05, 0) is 51.7 Å². The number of nitrogens with one attached hydrogen (secondary N) is 2. The van der Waals surface area contributed by atoms with E-state index >= 15 is 0 Å². The van der Waals surface area contributed by atoms with Gasteiger partial charge in [0.25, 0.3) is 0 Å². The predicted octanol–water partition coefficient (Wildman–Crippen LogP) is 3.54. The number of hydrogen-bond donors (Lipinski definition) is 2. The first-order chi connectivity index (χ1) is 11.7. The van der Waals surface area contributed by atoms with Gasteiger partial charge >= 0.3 is 0 Å². The van der Waals surface area contributed by atoms with Crippen LogP contribution in [-0.2, 0) is 11.2 Å². The summed E-state index contributed by atoms with van der Waals surface area (Å²) < 4.78 is 10.8. The minimum atomic E-state index is 0. The molecule has 0 aromatic heterocycles. The Balaban J connectivity index is 0.00000576. The van der Waals surface area contributed by atoms with Gasteiger partial charge in [0.2, 0.25) is 0 Å². The lowest BCUT2D eigenvalue weighted by molar-refractivity contribution is 0.144. The Hall–Kier alpha value is -1.02. The number of guanidine groups is 1. The molecule has 0 unspecified atom stereocenters. The monoisotopic (exact) mass is 463 g/mol. The van der Waals surface area contributed by atoms with Gasteiger partial charge in [-0.25, -0.2) is 0 Å². The van der Waals surface area contributed by atoms with Crippen LogP contribution in [0.3, 0.4) is 0 Å². The Morgan fingerprint density at radius 1 is 1.16 bits per heavy atom. The second-order valence-electron chi connectivity index (χ2n) is 5.66. The molecule has 144 valence electrons. The fourth-order valence-corrected chi connectivity index (χ4v) is 2.41. The number of hydrogen-bond acceptors (Lipinski definition) is 3. The van der Waals surface area contributed by atoms with E-state index < -0.39 is 0 Å². The van der Waals surface area contributed by atoms with Gasteiger partial charge in [-0.3, -0.25) is 4.99 Å². The Kier molecular flexibility index (Phi) is 14.6. The van der Waals surface area contributed by atoms with Crippen LogP contribution >= 0.6 is 24.0 Å². The topological polar surface area (TPSA) is 54.9 Å². The minimum Gasteiger partial charge on any atom is -0.496 e. The zero-order valence-electron chi connectivity index (χ0n) is 16.1. The van der Waals surface area contributed by atoms with Gasteiger partial charge in [-0.2, -0.15) is 0 Å². The number of methoxy groups -OCH3 is 1. The molecule has 0 aliphatic heterocycles. The first-order valence-electron chi connectivity index (χ1n) is 8.94. The van der Waals surface area contributed by atoms with Gasteiger partial charge in [0.1, 0.15) is 5.75 Å². The molecule has 0 amide bonds. The summed E-state index contributed by atoms with van der Waals surface area (Å²) in [7, 11) is 1.72. The van der Waals surface area contributed by atoms with Gasteiger partial charge in [0.15, 0.2) is 5.96 Å². The smallest absolute Gasteiger partial charge is 0.191 e. The first kappa shape index (κ1) is 24.0. The highest BCUT2D eigenvalue weighted by Crippen LogP contribution is 2.19. The van der Waals surface area contributed by atoms with E-state index in [9.17, 15) is 0 Å². The largest absolute Gasteiger partial charge is 0.496 e. The molecule has 25 heavy (non-hydrogen) atoms. The summed E-state index contributed by atoms with van der Waals surface area (Å²) in [4.78, 5) is 4.61. The van der Waals surface area contributed by atoms with Crippen LogP contribution in [0.25, 0.3) is 0 Å². The highest BCUT2D eigenvalue weighted by Gasteiger charge is 2.04. The molecule has 0 heterocycles. The number of unbranched alkanes of at least 4 members (excludes halogenated alkanes) is 1. The van der Waals surface area contributed by atoms with Crippen LogP contribution in [0, 0.1) is 6.92 Å². The molecular formula is C19H34IN3O2. The van der Waals surface area contributed by atoms with E-state index in [0.717, 1.165) is 63.8 Å². The second kappa shape index (κ2) is 15.3. The molecule has 0 aliphatic rings. The van der Waals surface area contributed by atoms with Crippen molar-refractivity contribution < 1.29 is 9.47 Å². The van der Waals surface area contributed by atoms with Crippen molar-refractivity contribution in [1.82, 2.24) is 10.6 Å². The molecule has 1 aromatic carbocycles. The number of aliphatic imine (C=N–C) groups is 1. The molecule has 0 aliphatic carbocycles. The van der Waals surface area contributed by atoms with Gasteiger partial charge in [0, 0.05) is 32.8 Å². The average molecular weight is 463 g/mol. The van der Waals surface area contributed by atoms with Gasteiger partial charge < -0.3 is 20.1 Å². The molecule has 6 heteroatoms. The van der Waals surface area contributed by atoms with Crippen molar-refractivity contribution >= 4 is 29.9 Å². The van der Waals surface area contributed by atoms with Crippen molar-refractivity contribution in [2.45, 2.75) is 40.0 Å². The molecule has 0 bridgehead atoms. The molecule has 5 nitrogen and oxygen atoms in total. The van der Waals surface area contributed by atoms with Gasteiger partial charge in [-0.15, -0.1) is 24.0 Å². The van der Waals surface area contributed by atoms with Crippen LogP contribution in [-0.4, -0.2) is 45.9 Å². The standard InChI is InChI=1S/C19H33N3O2.HI/c1-5-20-19(21-12-7-8-14-24-6-2)22-13-11-17-15-16(3)9-10-18(17)23-4;/h9-10,15H,5-8,11-14H2,1-4H3,(H2,20,21,22);1H. The highest BCUT2D eigenvalue weighted by atomic mass is 127. The van der Waals surface area contributed by atoms with Crippen molar-refractivity contribution in [2.24, 2.45) is 4.99 Å². The van der Waals surface area contributed by atoms with E-state index in [4.69, 9.17) is 9.47 Å². The molecule has 0 atom stereocenters. The zero-order valence-corrected chi connectivity index (χ0v) is 18.4. The van der Waals surface area contributed by atoms with Crippen LogP contribution in [0.1, 0.15) is 37.8 Å². The maximum Gasteiger partial charge on any atom is 0.191 e. The van der Waals surface area contributed by atoms with Crippen molar-refractivity contribution in [2.75, 3.05) is 40.0 Å². The van der Waals surface area contributed by atoms with Crippen molar-refractivity contribution in [3.63, 3.8) is 0 Å². The number of ether oxygens (including phenoxy) is 2. The third-order valence-electron chi connectivity index (χ3n) is 3.64. The van der Waals surface area contributed by atoms with E-state index in [1.807, 2.05) is 13.0 Å². The third kappa shape index (κ3) is 10.5. The van der Waals surface area contributed by atoms with Crippen molar-refractivity contribution in [1.29, 1.82) is 0 Å². The van der Waals surface area contributed by atoms with Crippen LogP contribution < -0.4 is 15.4 Å².